The minimum atomic E-state index is -0.946. The van der Waals surface area contributed by atoms with Crippen LogP contribution in [0, 0.1) is 0 Å². The maximum Gasteiger partial charge on any atom is 0.335 e. The number of imidazole rings is 1. The van der Waals surface area contributed by atoms with E-state index < -0.39 is 5.97 Å². The number of benzene rings is 1. The predicted octanol–water partition coefficient (Wildman–Crippen LogP) is 2.72. The molecule has 0 fully saturated rings. The lowest BCUT2D eigenvalue weighted by Gasteiger charge is -2.06. The molecule has 3 rings (SSSR count). The highest BCUT2D eigenvalue weighted by molar-refractivity contribution is 5.92. The number of aromatic carboxylic acids is 1. The van der Waals surface area contributed by atoms with Crippen LogP contribution in [-0.2, 0) is 13.0 Å². The third kappa shape index (κ3) is 2.52. The minimum Gasteiger partial charge on any atom is -0.478 e. The number of hydrogen-bond donors (Lipinski definition) is 1. The molecule has 1 N–H and O–H groups in total. The van der Waals surface area contributed by atoms with E-state index in [1.807, 2.05) is 10.6 Å². The molecule has 21 heavy (non-hydrogen) atoms. The zero-order valence-corrected chi connectivity index (χ0v) is 11.6. The largest absolute Gasteiger partial charge is 0.478 e. The quantitative estimate of drug-likeness (QED) is 0.779. The summed E-state index contributed by atoms with van der Waals surface area (Å²) >= 11 is 0. The first-order valence-electron chi connectivity index (χ1n) is 6.81. The van der Waals surface area contributed by atoms with Gasteiger partial charge in [0, 0.05) is 12.5 Å². The lowest BCUT2D eigenvalue weighted by molar-refractivity contribution is 0.0697. The summed E-state index contributed by atoms with van der Waals surface area (Å²) in [5, 5.41) is 12.8. The number of fused-ring (bicyclic) bond motifs is 1. The Balaban J connectivity index is 2.10. The molecule has 2 heterocycles. The number of rotatable bonds is 5. The van der Waals surface area contributed by atoms with Crippen LogP contribution in [0.5, 0.6) is 0 Å². The first-order chi connectivity index (χ1) is 10.2. The Labute approximate surface area is 121 Å². The van der Waals surface area contributed by atoms with E-state index in [1.54, 1.807) is 24.4 Å². The number of aromatic nitrogens is 3. The molecule has 0 aliphatic rings. The van der Waals surface area contributed by atoms with Gasteiger partial charge in [-0.1, -0.05) is 12.1 Å². The summed E-state index contributed by atoms with van der Waals surface area (Å²) in [7, 11) is 0. The Morgan fingerprint density at radius 2 is 2.24 bits per heavy atom. The number of hydrogen-bond acceptors (Lipinski definition) is 4. The standard InChI is InChI=1S/C15H15N3O3/c1-2-3-14-17-12-8-10(15(19)20)4-5-13(12)18(14)9-11-6-7-16-21-11/h4-8H,2-3,9H2,1H3,(H,19,20). The van der Waals surface area contributed by atoms with Crippen molar-refractivity contribution in [2.75, 3.05) is 0 Å². The second-order valence-electron chi connectivity index (χ2n) is 4.85. The molecular weight excluding hydrogens is 270 g/mol. The van der Waals surface area contributed by atoms with Gasteiger partial charge in [0.2, 0.25) is 0 Å². The molecule has 3 aromatic rings. The van der Waals surface area contributed by atoms with Gasteiger partial charge in [-0.3, -0.25) is 0 Å². The highest BCUT2D eigenvalue weighted by atomic mass is 16.5. The van der Waals surface area contributed by atoms with E-state index in [1.165, 1.54) is 0 Å². The van der Waals surface area contributed by atoms with E-state index in [4.69, 9.17) is 9.63 Å². The molecular formula is C15H15N3O3. The van der Waals surface area contributed by atoms with Crippen molar-refractivity contribution in [3.63, 3.8) is 0 Å². The second kappa shape index (κ2) is 5.40. The smallest absolute Gasteiger partial charge is 0.335 e. The second-order valence-corrected chi connectivity index (χ2v) is 4.85. The number of carboxylic acids is 1. The molecule has 0 bridgehead atoms. The zero-order valence-electron chi connectivity index (χ0n) is 11.6. The molecule has 0 saturated carbocycles. The maximum absolute atomic E-state index is 11.1. The summed E-state index contributed by atoms with van der Waals surface area (Å²) in [6.07, 6.45) is 3.40. The fraction of sp³-hybridized carbons (Fsp3) is 0.267. The first kappa shape index (κ1) is 13.4. The van der Waals surface area contributed by atoms with E-state index >= 15 is 0 Å². The van der Waals surface area contributed by atoms with Crippen molar-refractivity contribution in [2.45, 2.75) is 26.3 Å². The molecule has 6 heteroatoms. The molecule has 108 valence electrons. The SMILES string of the molecule is CCCc1nc2cc(C(=O)O)ccc2n1Cc1ccno1. The monoisotopic (exact) mass is 285 g/mol. The van der Waals surface area contributed by atoms with Crippen molar-refractivity contribution >= 4 is 17.0 Å². The van der Waals surface area contributed by atoms with E-state index in [-0.39, 0.29) is 5.56 Å². The van der Waals surface area contributed by atoms with Crippen LogP contribution in [-0.4, -0.2) is 25.8 Å². The van der Waals surface area contributed by atoms with Crippen LogP contribution < -0.4 is 0 Å². The van der Waals surface area contributed by atoms with Gasteiger partial charge >= 0.3 is 5.97 Å². The Kier molecular flexibility index (Phi) is 3.43. The van der Waals surface area contributed by atoms with Crippen LogP contribution in [0.4, 0.5) is 0 Å². The summed E-state index contributed by atoms with van der Waals surface area (Å²) in [5.41, 5.74) is 1.84. The molecule has 0 aliphatic carbocycles. The first-order valence-corrected chi connectivity index (χ1v) is 6.81. The van der Waals surface area contributed by atoms with E-state index in [0.717, 1.165) is 29.9 Å². The summed E-state index contributed by atoms with van der Waals surface area (Å²) in [6.45, 7) is 2.62. The molecule has 0 aliphatic heterocycles. The highest BCUT2D eigenvalue weighted by Crippen LogP contribution is 2.20. The van der Waals surface area contributed by atoms with Crippen molar-refractivity contribution in [2.24, 2.45) is 0 Å². The summed E-state index contributed by atoms with van der Waals surface area (Å²) in [5.74, 6) is 0.721. The van der Waals surface area contributed by atoms with Crippen LogP contribution in [0.2, 0.25) is 0 Å². The third-order valence-electron chi connectivity index (χ3n) is 3.35. The fourth-order valence-corrected chi connectivity index (χ4v) is 2.38. The maximum atomic E-state index is 11.1. The van der Waals surface area contributed by atoms with E-state index in [2.05, 4.69) is 17.1 Å². The van der Waals surface area contributed by atoms with Crippen LogP contribution in [0.15, 0.2) is 35.0 Å². The third-order valence-corrected chi connectivity index (χ3v) is 3.35. The van der Waals surface area contributed by atoms with Crippen molar-refractivity contribution in [3.05, 3.63) is 47.6 Å². The van der Waals surface area contributed by atoms with Gasteiger partial charge < -0.3 is 14.2 Å². The van der Waals surface area contributed by atoms with Crippen molar-refractivity contribution < 1.29 is 14.4 Å². The fourth-order valence-electron chi connectivity index (χ4n) is 2.38. The van der Waals surface area contributed by atoms with Crippen molar-refractivity contribution in [1.29, 1.82) is 0 Å². The van der Waals surface area contributed by atoms with Gasteiger partial charge in [0.15, 0.2) is 5.76 Å². The molecule has 2 aromatic heterocycles. The van der Waals surface area contributed by atoms with Crippen LogP contribution >= 0.6 is 0 Å². The molecule has 0 spiro atoms. The van der Waals surface area contributed by atoms with Crippen LogP contribution in [0.25, 0.3) is 11.0 Å². The number of aryl methyl sites for hydroxylation is 1. The van der Waals surface area contributed by atoms with Gasteiger partial charge in [-0.05, 0) is 24.6 Å². The van der Waals surface area contributed by atoms with Gasteiger partial charge in [-0.25, -0.2) is 9.78 Å². The normalized spacial score (nSPS) is 11.1. The molecule has 6 nitrogen and oxygen atoms in total. The van der Waals surface area contributed by atoms with Crippen molar-refractivity contribution in [3.8, 4) is 0 Å². The minimum absolute atomic E-state index is 0.245. The zero-order chi connectivity index (χ0) is 14.8. The van der Waals surface area contributed by atoms with Gasteiger partial charge in [-0.15, -0.1) is 0 Å². The Morgan fingerprint density at radius 3 is 2.90 bits per heavy atom. The number of carbonyl (C=O) groups is 1. The molecule has 1 aromatic carbocycles. The Morgan fingerprint density at radius 1 is 1.38 bits per heavy atom. The van der Waals surface area contributed by atoms with Crippen LogP contribution in [0.1, 0.15) is 35.3 Å². The average Bonchev–Trinajstić information content (AvgIpc) is 3.08. The molecule has 0 atom stereocenters. The van der Waals surface area contributed by atoms with Gasteiger partial charge in [-0.2, -0.15) is 0 Å². The Hall–Kier alpha value is -2.63. The highest BCUT2D eigenvalue weighted by Gasteiger charge is 2.14. The average molecular weight is 285 g/mol. The Bertz CT molecular complexity index is 775. The molecule has 0 radical (unpaired) electrons. The van der Waals surface area contributed by atoms with Crippen LogP contribution in [0.3, 0.4) is 0 Å². The number of nitrogens with zero attached hydrogens (tertiary/aromatic N) is 3. The summed E-state index contributed by atoms with van der Waals surface area (Å²) in [6, 6.07) is 6.81. The van der Waals surface area contributed by atoms with E-state index in [0.29, 0.717) is 12.1 Å². The molecule has 0 saturated heterocycles. The predicted molar refractivity (Wildman–Crippen MR) is 76.3 cm³/mol. The van der Waals surface area contributed by atoms with Gasteiger partial charge in [0.05, 0.1) is 29.3 Å². The van der Waals surface area contributed by atoms with E-state index in [9.17, 15) is 4.79 Å². The summed E-state index contributed by atoms with van der Waals surface area (Å²) in [4.78, 5) is 15.6. The lowest BCUT2D eigenvalue weighted by atomic mass is 10.2. The van der Waals surface area contributed by atoms with Gasteiger partial charge in [0.1, 0.15) is 5.82 Å². The topological polar surface area (TPSA) is 81.1 Å². The van der Waals surface area contributed by atoms with Crippen molar-refractivity contribution in [1.82, 2.24) is 14.7 Å². The lowest BCUT2D eigenvalue weighted by Crippen LogP contribution is -2.04. The summed E-state index contributed by atoms with van der Waals surface area (Å²) < 4.78 is 7.20. The number of carboxylic acid groups (broad SMARTS) is 1. The molecule has 0 unspecified atom stereocenters. The molecule has 0 amide bonds. The van der Waals surface area contributed by atoms with Gasteiger partial charge in [0.25, 0.3) is 0 Å².